The number of benzene rings is 1. The van der Waals surface area contributed by atoms with E-state index in [0.29, 0.717) is 6.42 Å². The van der Waals surface area contributed by atoms with Crippen molar-refractivity contribution in [2.75, 3.05) is 0 Å². The van der Waals surface area contributed by atoms with Crippen LogP contribution in [0.4, 0.5) is 0 Å². The van der Waals surface area contributed by atoms with E-state index in [2.05, 4.69) is 10.6 Å². The Kier molecular flexibility index (Phi) is 5.20. The average molecular weight is 234 g/mol. The first kappa shape index (κ1) is 13.2. The van der Waals surface area contributed by atoms with Crippen LogP contribution in [-0.2, 0) is 16.0 Å². The Labute approximate surface area is 101 Å². The molecule has 4 nitrogen and oxygen atoms in total. The van der Waals surface area contributed by atoms with Crippen molar-refractivity contribution < 1.29 is 9.59 Å². The number of amides is 2. The Balaban J connectivity index is 2.48. The van der Waals surface area contributed by atoms with E-state index in [4.69, 9.17) is 0 Å². The van der Waals surface area contributed by atoms with Gasteiger partial charge in [0.15, 0.2) is 0 Å². The minimum Gasteiger partial charge on any atom is -0.336 e. The van der Waals surface area contributed by atoms with Gasteiger partial charge in [-0.2, -0.15) is 0 Å². The molecule has 1 aromatic carbocycles. The van der Waals surface area contributed by atoms with Crippen LogP contribution in [0.15, 0.2) is 30.3 Å². The van der Waals surface area contributed by atoms with Crippen LogP contribution < -0.4 is 10.6 Å². The van der Waals surface area contributed by atoms with Gasteiger partial charge < -0.3 is 10.6 Å². The third kappa shape index (κ3) is 5.70. The summed E-state index contributed by atoms with van der Waals surface area (Å²) in [5.74, 6) is -0.284. The van der Waals surface area contributed by atoms with Crippen molar-refractivity contribution in [1.82, 2.24) is 10.6 Å². The molecule has 0 unspecified atom stereocenters. The van der Waals surface area contributed by atoms with Gasteiger partial charge in [0.25, 0.3) is 0 Å². The third-order valence-electron chi connectivity index (χ3n) is 2.32. The summed E-state index contributed by atoms with van der Waals surface area (Å²) in [7, 11) is 0. The van der Waals surface area contributed by atoms with Gasteiger partial charge in [0, 0.05) is 13.8 Å². The van der Waals surface area contributed by atoms with Gasteiger partial charge in [-0.05, 0) is 18.4 Å². The smallest absolute Gasteiger partial charge is 0.218 e. The molecule has 0 fully saturated rings. The molecular weight excluding hydrogens is 216 g/mol. The molecule has 0 bridgehead atoms. The van der Waals surface area contributed by atoms with E-state index in [1.165, 1.54) is 19.4 Å². The highest BCUT2D eigenvalue weighted by Crippen LogP contribution is 2.03. The highest BCUT2D eigenvalue weighted by Gasteiger charge is 2.10. The van der Waals surface area contributed by atoms with Crippen LogP contribution >= 0.6 is 0 Å². The first-order valence-corrected chi connectivity index (χ1v) is 5.66. The van der Waals surface area contributed by atoms with Gasteiger partial charge in [-0.1, -0.05) is 30.3 Å². The lowest BCUT2D eigenvalue weighted by molar-refractivity contribution is -0.122. The molecule has 0 atom stereocenters. The maximum absolute atomic E-state index is 11.0. The number of hydrogen-bond donors (Lipinski definition) is 2. The number of nitrogens with one attached hydrogen (secondary N) is 2. The van der Waals surface area contributed by atoms with E-state index in [1.807, 2.05) is 30.3 Å². The Bertz CT molecular complexity index is 360. The van der Waals surface area contributed by atoms with Gasteiger partial charge >= 0.3 is 0 Å². The zero-order valence-electron chi connectivity index (χ0n) is 10.2. The number of hydrogen-bond acceptors (Lipinski definition) is 2. The van der Waals surface area contributed by atoms with Crippen LogP contribution in [0, 0.1) is 0 Å². The van der Waals surface area contributed by atoms with Gasteiger partial charge in [0.1, 0.15) is 6.17 Å². The molecule has 0 radical (unpaired) electrons. The maximum atomic E-state index is 11.0. The van der Waals surface area contributed by atoms with Crippen molar-refractivity contribution in [3.05, 3.63) is 35.9 Å². The topological polar surface area (TPSA) is 58.2 Å². The predicted octanol–water partition coefficient (Wildman–Crippen LogP) is 1.22. The monoisotopic (exact) mass is 234 g/mol. The number of carbonyl (C=O) groups excluding carboxylic acids is 2. The van der Waals surface area contributed by atoms with Crippen molar-refractivity contribution in [3.8, 4) is 0 Å². The van der Waals surface area contributed by atoms with Crippen LogP contribution in [0.2, 0.25) is 0 Å². The van der Waals surface area contributed by atoms with Gasteiger partial charge in [-0.15, -0.1) is 0 Å². The lowest BCUT2D eigenvalue weighted by Gasteiger charge is -2.18. The molecular formula is C13H18N2O2. The Morgan fingerprint density at radius 2 is 1.59 bits per heavy atom. The normalized spacial score (nSPS) is 10.1. The van der Waals surface area contributed by atoms with Crippen LogP contribution in [0.3, 0.4) is 0 Å². The first-order valence-electron chi connectivity index (χ1n) is 5.66. The van der Waals surface area contributed by atoms with E-state index in [9.17, 15) is 9.59 Å². The standard InChI is InChI=1S/C13H18N2O2/c1-10(16)14-13(15-11(2)17)9-8-12-6-4-3-5-7-12/h3-7,13H,8-9H2,1-2H3,(H,14,16)(H,15,17). The molecule has 0 aliphatic heterocycles. The second-order valence-corrected chi connectivity index (χ2v) is 3.98. The fraction of sp³-hybridized carbons (Fsp3) is 0.385. The van der Waals surface area contributed by atoms with Crippen molar-refractivity contribution in [2.45, 2.75) is 32.9 Å². The van der Waals surface area contributed by atoms with Crippen LogP contribution in [-0.4, -0.2) is 18.0 Å². The lowest BCUT2D eigenvalue weighted by atomic mass is 10.1. The second kappa shape index (κ2) is 6.68. The summed E-state index contributed by atoms with van der Waals surface area (Å²) in [6.45, 7) is 2.88. The van der Waals surface area contributed by atoms with Crippen LogP contribution in [0.5, 0.6) is 0 Å². The fourth-order valence-electron chi connectivity index (χ4n) is 1.63. The first-order chi connectivity index (χ1) is 8.08. The van der Waals surface area contributed by atoms with E-state index in [0.717, 1.165) is 6.42 Å². The summed E-state index contributed by atoms with van der Waals surface area (Å²) in [6, 6.07) is 9.96. The van der Waals surface area contributed by atoms with E-state index >= 15 is 0 Å². The maximum Gasteiger partial charge on any atom is 0.218 e. The number of rotatable bonds is 5. The van der Waals surface area contributed by atoms with E-state index in [1.54, 1.807) is 0 Å². The fourth-order valence-corrected chi connectivity index (χ4v) is 1.63. The summed E-state index contributed by atoms with van der Waals surface area (Å²) >= 11 is 0. The van der Waals surface area contributed by atoms with Gasteiger partial charge in [-0.25, -0.2) is 0 Å². The molecule has 0 spiro atoms. The van der Waals surface area contributed by atoms with Crippen LogP contribution in [0.25, 0.3) is 0 Å². The Hall–Kier alpha value is -1.84. The summed E-state index contributed by atoms with van der Waals surface area (Å²) in [6.07, 6.45) is 1.19. The Morgan fingerprint density at radius 3 is 2.06 bits per heavy atom. The molecule has 2 N–H and O–H groups in total. The average Bonchev–Trinajstić information content (AvgIpc) is 2.26. The molecule has 17 heavy (non-hydrogen) atoms. The zero-order chi connectivity index (χ0) is 12.7. The van der Waals surface area contributed by atoms with E-state index in [-0.39, 0.29) is 18.0 Å². The quantitative estimate of drug-likeness (QED) is 0.752. The van der Waals surface area contributed by atoms with Crippen LogP contribution in [0.1, 0.15) is 25.8 Å². The van der Waals surface area contributed by atoms with Crippen molar-refractivity contribution >= 4 is 11.8 Å². The molecule has 2 amide bonds. The predicted molar refractivity (Wildman–Crippen MR) is 66.2 cm³/mol. The Morgan fingerprint density at radius 1 is 1.06 bits per heavy atom. The molecule has 0 heterocycles. The minimum absolute atomic E-state index is 0.142. The summed E-state index contributed by atoms with van der Waals surface area (Å²) in [4.78, 5) is 22.0. The van der Waals surface area contributed by atoms with Gasteiger partial charge in [-0.3, -0.25) is 9.59 Å². The summed E-state index contributed by atoms with van der Waals surface area (Å²) < 4.78 is 0. The molecule has 0 aliphatic carbocycles. The molecule has 1 aromatic rings. The zero-order valence-corrected chi connectivity index (χ0v) is 10.2. The summed E-state index contributed by atoms with van der Waals surface area (Å²) in [5.41, 5.74) is 1.19. The largest absolute Gasteiger partial charge is 0.336 e. The number of aryl methyl sites for hydroxylation is 1. The second-order valence-electron chi connectivity index (χ2n) is 3.98. The molecule has 92 valence electrons. The highest BCUT2D eigenvalue weighted by atomic mass is 16.2. The molecule has 0 aliphatic rings. The third-order valence-corrected chi connectivity index (χ3v) is 2.32. The van der Waals surface area contributed by atoms with Gasteiger partial charge in [0.05, 0.1) is 0 Å². The van der Waals surface area contributed by atoms with E-state index < -0.39 is 0 Å². The SMILES string of the molecule is CC(=O)NC(CCc1ccccc1)NC(C)=O. The highest BCUT2D eigenvalue weighted by molar-refractivity contribution is 5.76. The molecule has 0 saturated carbocycles. The van der Waals surface area contributed by atoms with Crippen molar-refractivity contribution in [2.24, 2.45) is 0 Å². The van der Waals surface area contributed by atoms with Crippen molar-refractivity contribution in [3.63, 3.8) is 0 Å². The molecule has 4 heteroatoms. The number of carbonyl (C=O) groups is 2. The summed E-state index contributed by atoms with van der Waals surface area (Å²) in [5, 5.41) is 5.42. The molecule has 0 aromatic heterocycles. The molecule has 1 rings (SSSR count). The lowest BCUT2D eigenvalue weighted by Crippen LogP contribution is -2.46. The van der Waals surface area contributed by atoms with Crippen molar-refractivity contribution in [1.29, 1.82) is 0 Å². The minimum atomic E-state index is -0.301. The van der Waals surface area contributed by atoms with Gasteiger partial charge in [0.2, 0.25) is 11.8 Å². The molecule has 0 saturated heterocycles.